The number of anilines is 1. The number of hydrogen-bond acceptors (Lipinski definition) is 4. The third kappa shape index (κ3) is 3.99. The maximum atomic E-state index is 11.8. The molecule has 0 fully saturated rings. The van der Waals surface area contributed by atoms with Gasteiger partial charge in [0.1, 0.15) is 5.75 Å². The zero-order chi connectivity index (χ0) is 18.5. The highest BCUT2D eigenvalue weighted by molar-refractivity contribution is 6.39. The van der Waals surface area contributed by atoms with Gasteiger partial charge in [0.2, 0.25) is 0 Å². The van der Waals surface area contributed by atoms with Crippen LogP contribution in [0.3, 0.4) is 0 Å². The molecule has 0 aliphatic carbocycles. The molecule has 0 saturated carbocycles. The summed E-state index contributed by atoms with van der Waals surface area (Å²) in [6, 6.07) is 17.1. The Bertz CT molecular complexity index is 1000. The fourth-order valence-electron chi connectivity index (χ4n) is 2.35. The lowest BCUT2D eigenvalue weighted by Gasteiger charge is -2.05. The lowest BCUT2D eigenvalue weighted by molar-refractivity contribution is -0.136. The molecule has 3 N–H and O–H groups in total. The summed E-state index contributed by atoms with van der Waals surface area (Å²) in [5, 5.41) is 18.4. The lowest BCUT2D eigenvalue weighted by atomic mass is 10.0. The third-order valence-corrected chi connectivity index (χ3v) is 3.87. The zero-order valence-corrected chi connectivity index (χ0v) is 14.2. The summed E-state index contributed by atoms with van der Waals surface area (Å²) >= 11 is 5.76. The van der Waals surface area contributed by atoms with E-state index in [1.165, 1.54) is 6.21 Å². The molecule has 0 aliphatic heterocycles. The van der Waals surface area contributed by atoms with Gasteiger partial charge >= 0.3 is 11.8 Å². The van der Waals surface area contributed by atoms with E-state index in [4.69, 9.17) is 11.6 Å². The van der Waals surface area contributed by atoms with E-state index in [1.807, 2.05) is 24.3 Å². The summed E-state index contributed by atoms with van der Waals surface area (Å²) in [6.07, 6.45) is 1.30. The van der Waals surface area contributed by atoms with Crippen molar-refractivity contribution in [1.29, 1.82) is 0 Å². The van der Waals surface area contributed by atoms with Gasteiger partial charge in [-0.25, -0.2) is 5.43 Å². The van der Waals surface area contributed by atoms with Crippen molar-refractivity contribution in [2.45, 2.75) is 0 Å². The molecule has 3 rings (SSSR count). The highest BCUT2D eigenvalue weighted by Crippen LogP contribution is 2.25. The topological polar surface area (TPSA) is 90.8 Å². The number of phenols is 1. The fraction of sp³-hybridized carbons (Fsp3) is 0. The Morgan fingerprint density at radius 3 is 2.46 bits per heavy atom. The number of amides is 2. The van der Waals surface area contributed by atoms with E-state index in [2.05, 4.69) is 15.8 Å². The Labute approximate surface area is 154 Å². The maximum Gasteiger partial charge on any atom is 0.329 e. The molecule has 26 heavy (non-hydrogen) atoms. The SMILES string of the molecule is O=C(N/N=C/c1c(O)ccc2ccccc12)C(=O)Nc1ccc(Cl)cc1. The summed E-state index contributed by atoms with van der Waals surface area (Å²) in [6.45, 7) is 0. The van der Waals surface area contributed by atoms with Gasteiger partial charge in [-0.3, -0.25) is 9.59 Å². The summed E-state index contributed by atoms with van der Waals surface area (Å²) in [4.78, 5) is 23.7. The highest BCUT2D eigenvalue weighted by Gasteiger charge is 2.13. The minimum atomic E-state index is -0.934. The van der Waals surface area contributed by atoms with Gasteiger partial charge in [-0.05, 0) is 41.1 Å². The van der Waals surface area contributed by atoms with E-state index in [1.54, 1.807) is 36.4 Å². The Balaban J connectivity index is 1.68. The van der Waals surface area contributed by atoms with Crippen LogP contribution in [0.5, 0.6) is 5.75 Å². The van der Waals surface area contributed by atoms with E-state index < -0.39 is 11.8 Å². The fourth-order valence-corrected chi connectivity index (χ4v) is 2.47. The van der Waals surface area contributed by atoms with E-state index in [9.17, 15) is 14.7 Å². The van der Waals surface area contributed by atoms with Crippen LogP contribution >= 0.6 is 11.6 Å². The summed E-state index contributed by atoms with van der Waals surface area (Å²) in [7, 11) is 0. The van der Waals surface area contributed by atoms with Gasteiger partial charge in [0.15, 0.2) is 0 Å². The number of carbonyl (C=O) groups excluding carboxylic acids is 2. The molecule has 0 heterocycles. The molecule has 3 aromatic carbocycles. The number of aromatic hydroxyl groups is 1. The molecule has 3 aromatic rings. The predicted molar refractivity (Wildman–Crippen MR) is 101 cm³/mol. The van der Waals surface area contributed by atoms with Crippen molar-refractivity contribution in [2.24, 2.45) is 5.10 Å². The maximum absolute atomic E-state index is 11.8. The molecule has 0 aliphatic rings. The van der Waals surface area contributed by atoms with Crippen LogP contribution in [0.15, 0.2) is 65.8 Å². The molecule has 7 heteroatoms. The molecule has 0 bridgehead atoms. The highest BCUT2D eigenvalue weighted by atomic mass is 35.5. The van der Waals surface area contributed by atoms with Crippen molar-refractivity contribution < 1.29 is 14.7 Å². The number of benzene rings is 3. The average Bonchev–Trinajstić information content (AvgIpc) is 2.65. The first kappa shape index (κ1) is 17.4. The largest absolute Gasteiger partial charge is 0.507 e. The monoisotopic (exact) mass is 367 g/mol. The first-order chi connectivity index (χ1) is 12.5. The number of carbonyl (C=O) groups is 2. The van der Waals surface area contributed by atoms with Crippen molar-refractivity contribution in [2.75, 3.05) is 5.32 Å². The number of nitrogens with zero attached hydrogens (tertiary/aromatic N) is 1. The number of phenolic OH excluding ortho intramolecular Hbond substituents is 1. The van der Waals surface area contributed by atoms with Gasteiger partial charge in [0, 0.05) is 16.3 Å². The number of hydrogen-bond donors (Lipinski definition) is 3. The van der Waals surface area contributed by atoms with Gasteiger partial charge in [-0.1, -0.05) is 41.9 Å². The predicted octanol–water partition coefficient (Wildman–Crippen LogP) is 3.29. The standard InChI is InChI=1S/C19H14ClN3O3/c20-13-6-8-14(9-7-13)22-18(25)19(26)23-21-11-16-15-4-2-1-3-12(15)5-10-17(16)24/h1-11,24H,(H,22,25)(H,23,26)/b21-11+. The molecule has 0 spiro atoms. The summed E-state index contributed by atoms with van der Waals surface area (Å²) in [5.74, 6) is -1.78. The molecule has 2 amide bonds. The molecule has 0 radical (unpaired) electrons. The lowest BCUT2D eigenvalue weighted by Crippen LogP contribution is -2.32. The number of nitrogens with one attached hydrogen (secondary N) is 2. The van der Waals surface area contributed by atoms with E-state index >= 15 is 0 Å². The van der Waals surface area contributed by atoms with Crippen LogP contribution in [0.25, 0.3) is 10.8 Å². The normalized spacial score (nSPS) is 10.8. The van der Waals surface area contributed by atoms with Crippen LogP contribution in [-0.2, 0) is 9.59 Å². The second-order valence-corrected chi connectivity index (χ2v) is 5.82. The van der Waals surface area contributed by atoms with Crippen LogP contribution in [0.1, 0.15) is 5.56 Å². The second kappa shape index (κ2) is 7.67. The van der Waals surface area contributed by atoms with E-state index in [0.717, 1.165) is 10.8 Å². The molecule has 6 nitrogen and oxygen atoms in total. The smallest absolute Gasteiger partial charge is 0.329 e. The molecular weight excluding hydrogens is 354 g/mol. The number of fused-ring (bicyclic) bond motifs is 1. The van der Waals surface area contributed by atoms with E-state index in [0.29, 0.717) is 16.3 Å². The van der Waals surface area contributed by atoms with Crippen LogP contribution < -0.4 is 10.7 Å². The van der Waals surface area contributed by atoms with Crippen molar-refractivity contribution >= 4 is 46.1 Å². The van der Waals surface area contributed by atoms with Crippen molar-refractivity contribution in [3.63, 3.8) is 0 Å². The van der Waals surface area contributed by atoms with Gasteiger partial charge < -0.3 is 10.4 Å². The molecule has 0 unspecified atom stereocenters. The zero-order valence-electron chi connectivity index (χ0n) is 13.4. The molecule has 0 saturated heterocycles. The van der Waals surface area contributed by atoms with Gasteiger partial charge in [-0.15, -0.1) is 0 Å². The van der Waals surface area contributed by atoms with Gasteiger partial charge in [0.05, 0.1) is 6.21 Å². The quantitative estimate of drug-likeness (QED) is 0.377. The number of halogens is 1. The molecule has 0 atom stereocenters. The Hall–Kier alpha value is -3.38. The Morgan fingerprint density at radius 1 is 0.962 bits per heavy atom. The summed E-state index contributed by atoms with van der Waals surface area (Å²) in [5.41, 5.74) is 3.02. The Kier molecular flexibility index (Phi) is 5.15. The van der Waals surface area contributed by atoms with Crippen LogP contribution in [-0.4, -0.2) is 23.1 Å². The van der Waals surface area contributed by atoms with Gasteiger partial charge in [-0.2, -0.15) is 5.10 Å². The van der Waals surface area contributed by atoms with Crippen LogP contribution in [0, 0.1) is 0 Å². The van der Waals surface area contributed by atoms with E-state index in [-0.39, 0.29) is 5.75 Å². The van der Waals surface area contributed by atoms with Crippen molar-refractivity contribution in [1.82, 2.24) is 5.43 Å². The van der Waals surface area contributed by atoms with Crippen molar-refractivity contribution in [3.05, 3.63) is 71.2 Å². The number of hydrazone groups is 1. The first-order valence-corrected chi connectivity index (χ1v) is 8.03. The average molecular weight is 368 g/mol. The van der Waals surface area contributed by atoms with Crippen LogP contribution in [0.4, 0.5) is 5.69 Å². The van der Waals surface area contributed by atoms with Crippen molar-refractivity contribution in [3.8, 4) is 5.75 Å². The molecular formula is C19H14ClN3O3. The minimum absolute atomic E-state index is 0.0207. The minimum Gasteiger partial charge on any atom is -0.507 e. The van der Waals surface area contributed by atoms with Gasteiger partial charge in [0.25, 0.3) is 0 Å². The summed E-state index contributed by atoms with van der Waals surface area (Å²) < 4.78 is 0. The van der Waals surface area contributed by atoms with Crippen LogP contribution in [0.2, 0.25) is 5.02 Å². The second-order valence-electron chi connectivity index (χ2n) is 5.38. The Morgan fingerprint density at radius 2 is 1.69 bits per heavy atom. The molecule has 130 valence electrons. The number of rotatable bonds is 3. The third-order valence-electron chi connectivity index (χ3n) is 3.62. The molecule has 0 aromatic heterocycles. The first-order valence-electron chi connectivity index (χ1n) is 7.65.